The van der Waals surface area contributed by atoms with Crippen LogP contribution in [-0.2, 0) is 21.4 Å². The van der Waals surface area contributed by atoms with Crippen molar-refractivity contribution in [3.63, 3.8) is 0 Å². The van der Waals surface area contributed by atoms with E-state index in [1.807, 2.05) is 6.92 Å². The first-order chi connectivity index (χ1) is 13.8. The number of carboxylic acid groups (broad SMARTS) is 1. The standard InChI is InChI=1S/C20H23ClN2O5S/c1-15-12-23(29(26,27)18-5-3-2-4-6-18)10-9-22(15)13-16-11-17(21)7-8-19(16)28-14-20(24)25/h2-8,11,15H,9-10,12-14H2,1H3,(H,24,25)/t15-/m1/s1. The van der Waals surface area contributed by atoms with Crippen LogP contribution >= 0.6 is 11.6 Å². The first kappa shape index (κ1) is 21.6. The molecule has 1 N–H and O–H groups in total. The second-order valence-electron chi connectivity index (χ2n) is 6.93. The molecule has 0 bridgehead atoms. The maximum Gasteiger partial charge on any atom is 0.341 e. The van der Waals surface area contributed by atoms with Crippen molar-refractivity contribution in [2.75, 3.05) is 26.2 Å². The summed E-state index contributed by atoms with van der Waals surface area (Å²) < 4.78 is 32.6. The lowest BCUT2D eigenvalue weighted by Crippen LogP contribution is -2.53. The first-order valence-electron chi connectivity index (χ1n) is 9.19. The summed E-state index contributed by atoms with van der Waals surface area (Å²) >= 11 is 6.11. The maximum atomic E-state index is 12.9. The number of nitrogens with zero attached hydrogens (tertiary/aromatic N) is 2. The Morgan fingerprint density at radius 1 is 1.21 bits per heavy atom. The van der Waals surface area contributed by atoms with E-state index in [9.17, 15) is 13.2 Å². The fourth-order valence-electron chi connectivity index (χ4n) is 3.33. The van der Waals surface area contributed by atoms with Crippen molar-refractivity contribution >= 4 is 27.6 Å². The van der Waals surface area contributed by atoms with Gasteiger partial charge in [-0.05, 0) is 37.3 Å². The number of hydrogen-bond acceptors (Lipinski definition) is 5. The summed E-state index contributed by atoms with van der Waals surface area (Å²) in [5, 5.41) is 9.39. The topological polar surface area (TPSA) is 87.2 Å². The molecule has 29 heavy (non-hydrogen) atoms. The molecular weight excluding hydrogens is 416 g/mol. The monoisotopic (exact) mass is 438 g/mol. The van der Waals surface area contributed by atoms with Crippen molar-refractivity contribution in [2.45, 2.75) is 24.4 Å². The molecule has 7 nitrogen and oxygen atoms in total. The van der Waals surface area contributed by atoms with Gasteiger partial charge in [-0.15, -0.1) is 0 Å². The summed E-state index contributed by atoms with van der Waals surface area (Å²) in [6.07, 6.45) is 0. The summed E-state index contributed by atoms with van der Waals surface area (Å²) in [5.41, 5.74) is 0.768. The molecule has 0 saturated carbocycles. The molecule has 1 aliphatic heterocycles. The van der Waals surface area contributed by atoms with E-state index in [4.69, 9.17) is 21.4 Å². The van der Waals surface area contributed by atoms with Gasteiger partial charge >= 0.3 is 5.97 Å². The van der Waals surface area contributed by atoms with Gasteiger partial charge in [-0.1, -0.05) is 29.8 Å². The van der Waals surface area contributed by atoms with E-state index in [1.54, 1.807) is 48.5 Å². The Hall–Kier alpha value is -2.13. The lowest BCUT2D eigenvalue weighted by molar-refractivity contribution is -0.139. The van der Waals surface area contributed by atoms with Crippen LogP contribution in [0, 0.1) is 0 Å². The van der Waals surface area contributed by atoms with Crippen LogP contribution in [0.25, 0.3) is 0 Å². The van der Waals surface area contributed by atoms with Gasteiger partial charge in [0.15, 0.2) is 6.61 Å². The zero-order valence-electron chi connectivity index (χ0n) is 16.0. The molecule has 0 aromatic heterocycles. The number of benzene rings is 2. The van der Waals surface area contributed by atoms with Crippen LogP contribution in [0.2, 0.25) is 5.02 Å². The van der Waals surface area contributed by atoms with Gasteiger partial charge in [-0.2, -0.15) is 4.31 Å². The van der Waals surface area contributed by atoms with Crippen LogP contribution in [0.5, 0.6) is 5.75 Å². The molecule has 2 aromatic rings. The summed E-state index contributed by atoms with van der Waals surface area (Å²) in [5.74, 6) is -0.595. The number of hydrogen-bond donors (Lipinski definition) is 1. The number of sulfonamides is 1. The minimum absolute atomic E-state index is 0.0338. The third kappa shape index (κ3) is 5.27. The Morgan fingerprint density at radius 2 is 1.93 bits per heavy atom. The molecule has 1 heterocycles. The van der Waals surface area contributed by atoms with Crippen molar-refractivity contribution in [1.82, 2.24) is 9.21 Å². The van der Waals surface area contributed by atoms with E-state index in [1.165, 1.54) is 4.31 Å². The van der Waals surface area contributed by atoms with Gasteiger partial charge in [0.1, 0.15) is 5.75 Å². The fourth-order valence-corrected chi connectivity index (χ4v) is 5.06. The SMILES string of the molecule is C[C@@H]1CN(S(=O)(=O)c2ccccc2)CCN1Cc1cc(Cl)ccc1OCC(=O)O. The summed E-state index contributed by atoms with van der Waals surface area (Å²) in [6, 6.07) is 13.4. The van der Waals surface area contributed by atoms with Gasteiger partial charge in [0.25, 0.3) is 0 Å². The number of aliphatic carboxylic acids is 1. The van der Waals surface area contributed by atoms with E-state index in [0.29, 0.717) is 41.8 Å². The number of rotatable bonds is 7. The second kappa shape index (κ2) is 9.13. The van der Waals surface area contributed by atoms with E-state index in [0.717, 1.165) is 5.56 Å². The maximum absolute atomic E-state index is 12.9. The van der Waals surface area contributed by atoms with Gasteiger partial charge in [0.2, 0.25) is 10.0 Å². The quantitative estimate of drug-likeness (QED) is 0.715. The number of halogens is 1. The third-order valence-electron chi connectivity index (χ3n) is 4.86. The number of carbonyl (C=O) groups is 1. The zero-order valence-corrected chi connectivity index (χ0v) is 17.6. The van der Waals surface area contributed by atoms with Crippen LogP contribution in [0.15, 0.2) is 53.4 Å². The minimum atomic E-state index is -3.53. The Morgan fingerprint density at radius 3 is 2.59 bits per heavy atom. The van der Waals surface area contributed by atoms with Crippen LogP contribution in [0.4, 0.5) is 0 Å². The van der Waals surface area contributed by atoms with E-state index < -0.39 is 22.6 Å². The molecule has 3 rings (SSSR count). The zero-order chi connectivity index (χ0) is 21.0. The van der Waals surface area contributed by atoms with E-state index in [-0.39, 0.29) is 6.04 Å². The smallest absolute Gasteiger partial charge is 0.341 e. The van der Waals surface area contributed by atoms with Crippen molar-refractivity contribution in [3.8, 4) is 5.75 Å². The molecule has 1 saturated heterocycles. The van der Waals surface area contributed by atoms with Crippen LogP contribution in [-0.4, -0.2) is 61.0 Å². The molecule has 0 spiro atoms. The lowest BCUT2D eigenvalue weighted by Gasteiger charge is -2.39. The molecule has 1 fully saturated rings. The van der Waals surface area contributed by atoms with Gasteiger partial charge < -0.3 is 9.84 Å². The molecule has 0 aliphatic carbocycles. The summed E-state index contributed by atoms with van der Waals surface area (Å²) in [7, 11) is -3.53. The van der Waals surface area contributed by atoms with Gasteiger partial charge in [-0.3, -0.25) is 4.90 Å². The highest BCUT2D eigenvalue weighted by atomic mass is 35.5. The van der Waals surface area contributed by atoms with Crippen molar-refractivity contribution in [1.29, 1.82) is 0 Å². The Bertz CT molecular complexity index is 968. The highest BCUT2D eigenvalue weighted by molar-refractivity contribution is 7.89. The molecule has 9 heteroatoms. The molecule has 2 aromatic carbocycles. The Kier molecular flexibility index (Phi) is 6.79. The molecule has 0 radical (unpaired) electrons. The summed E-state index contributed by atoms with van der Waals surface area (Å²) in [6.45, 7) is 3.28. The number of piperazine rings is 1. The minimum Gasteiger partial charge on any atom is -0.482 e. The average molecular weight is 439 g/mol. The van der Waals surface area contributed by atoms with Crippen LogP contribution in [0.3, 0.4) is 0 Å². The van der Waals surface area contributed by atoms with Gasteiger partial charge in [-0.25, -0.2) is 13.2 Å². The van der Waals surface area contributed by atoms with Crippen molar-refractivity contribution in [3.05, 3.63) is 59.1 Å². The van der Waals surface area contributed by atoms with E-state index in [2.05, 4.69) is 4.90 Å². The normalized spacial score (nSPS) is 18.5. The largest absolute Gasteiger partial charge is 0.482 e. The Balaban J connectivity index is 1.71. The van der Waals surface area contributed by atoms with Gasteiger partial charge in [0.05, 0.1) is 4.90 Å². The van der Waals surface area contributed by atoms with Crippen molar-refractivity contribution in [2.24, 2.45) is 0 Å². The number of carboxylic acids is 1. The fraction of sp³-hybridized carbons (Fsp3) is 0.350. The van der Waals surface area contributed by atoms with Gasteiger partial charge in [0, 0.05) is 42.8 Å². The Labute approximate surface area is 175 Å². The van der Waals surface area contributed by atoms with E-state index >= 15 is 0 Å². The van der Waals surface area contributed by atoms with Crippen LogP contribution in [0.1, 0.15) is 12.5 Å². The third-order valence-corrected chi connectivity index (χ3v) is 6.97. The van der Waals surface area contributed by atoms with Crippen molar-refractivity contribution < 1.29 is 23.1 Å². The molecular formula is C20H23ClN2O5S. The summed E-state index contributed by atoms with van der Waals surface area (Å²) in [4.78, 5) is 13.2. The highest BCUT2D eigenvalue weighted by Gasteiger charge is 2.32. The molecule has 156 valence electrons. The predicted octanol–water partition coefficient (Wildman–Crippen LogP) is 2.70. The molecule has 0 unspecified atom stereocenters. The first-order valence-corrected chi connectivity index (χ1v) is 11.0. The average Bonchev–Trinajstić information content (AvgIpc) is 2.69. The molecule has 1 aliphatic rings. The molecule has 1 atom stereocenters. The number of ether oxygens (including phenoxy) is 1. The molecule has 0 amide bonds. The highest BCUT2D eigenvalue weighted by Crippen LogP contribution is 2.27. The van der Waals surface area contributed by atoms with Crippen LogP contribution < -0.4 is 4.74 Å². The predicted molar refractivity (Wildman–Crippen MR) is 110 cm³/mol. The lowest BCUT2D eigenvalue weighted by atomic mass is 10.1. The second-order valence-corrected chi connectivity index (χ2v) is 9.30.